The van der Waals surface area contributed by atoms with Gasteiger partial charge < -0.3 is 20.1 Å². The third-order valence-electron chi connectivity index (χ3n) is 4.34. The van der Waals surface area contributed by atoms with Crippen LogP contribution in [0.5, 0.6) is 5.75 Å². The van der Waals surface area contributed by atoms with E-state index in [4.69, 9.17) is 9.84 Å². The van der Waals surface area contributed by atoms with Gasteiger partial charge in [-0.1, -0.05) is 12.1 Å². The Kier molecular flexibility index (Phi) is 3.94. The summed E-state index contributed by atoms with van der Waals surface area (Å²) < 4.78 is 6.13. The van der Waals surface area contributed by atoms with E-state index in [0.29, 0.717) is 37.2 Å². The number of carbonyl (C=O) groups excluding carboxylic acids is 2. The van der Waals surface area contributed by atoms with Crippen LogP contribution in [-0.4, -0.2) is 53.0 Å². The molecule has 0 saturated carbocycles. The summed E-state index contributed by atoms with van der Waals surface area (Å²) >= 11 is 0. The van der Waals surface area contributed by atoms with Crippen LogP contribution >= 0.6 is 0 Å². The topological polar surface area (TPSA) is 95.9 Å². The van der Waals surface area contributed by atoms with Gasteiger partial charge in [0.25, 0.3) is 5.91 Å². The van der Waals surface area contributed by atoms with Crippen LogP contribution in [-0.2, 0) is 9.59 Å². The highest BCUT2D eigenvalue weighted by Crippen LogP contribution is 2.33. The highest BCUT2D eigenvalue weighted by Gasteiger charge is 2.40. The lowest BCUT2D eigenvalue weighted by Gasteiger charge is -2.32. The smallest absolute Gasteiger partial charge is 0.323 e. The number of hydrogen-bond donors (Lipinski definition) is 2. The molecule has 0 aliphatic carbocycles. The molecular formula is C16H18N2O5. The number of benzene rings is 1. The predicted molar refractivity (Wildman–Crippen MR) is 80.2 cm³/mol. The van der Waals surface area contributed by atoms with Crippen molar-refractivity contribution in [3.05, 3.63) is 29.8 Å². The highest BCUT2D eigenvalue weighted by atomic mass is 16.5. The number of rotatable bonds is 2. The number of para-hydroxylation sites is 1. The molecule has 1 spiro atoms. The van der Waals surface area contributed by atoms with Gasteiger partial charge in [-0.05, 0) is 18.6 Å². The number of ether oxygens (including phenoxy) is 1. The van der Waals surface area contributed by atoms with E-state index in [2.05, 4.69) is 5.32 Å². The summed E-state index contributed by atoms with van der Waals surface area (Å²) in [6.45, 7) is 0.287. The van der Waals surface area contributed by atoms with E-state index in [9.17, 15) is 14.4 Å². The quantitative estimate of drug-likeness (QED) is 0.834. The number of amides is 2. The van der Waals surface area contributed by atoms with Crippen LogP contribution in [0.25, 0.3) is 0 Å². The van der Waals surface area contributed by atoms with Crippen molar-refractivity contribution in [3.8, 4) is 5.75 Å². The van der Waals surface area contributed by atoms with Crippen molar-refractivity contribution in [1.29, 1.82) is 0 Å². The second kappa shape index (κ2) is 5.91. The Morgan fingerprint density at radius 1 is 1.30 bits per heavy atom. The number of carbonyl (C=O) groups is 3. The van der Waals surface area contributed by atoms with Crippen LogP contribution in [0.2, 0.25) is 0 Å². The monoisotopic (exact) mass is 318 g/mol. The van der Waals surface area contributed by atoms with E-state index >= 15 is 0 Å². The molecule has 0 aromatic heterocycles. The molecule has 1 aromatic rings. The van der Waals surface area contributed by atoms with Gasteiger partial charge in [-0.3, -0.25) is 14.4 Å². The van der Waals surface area contributed by atoms with E-state index in [-0.39, 0.29) is 24.8 Å². The van der Waals surface area contributed by atoms with Crippen molar-refractivity contribution in [3.63, 3.8) is 0 Å². The molecule has 1 saturated heterocycles. The molecule has 2 aliphatic rings. The predicted octanol–water partition coefficient (Wildman–Crippen LogP) is 0.645. The van der Waals surface area contributed by atoms with Crippen molar-refractivity contribution in [2.45, 2.75) is 24.9 Å². The number of nitrogens with zero attached hydrogens (tertiary/aromatic N) is 1. The Labute approximate surface area is 133 Å². The SMILES string of the molecule is O=C(O)CN1CCC2(CCC1=O)CNC(=O)c1ccccc1O2. The van der Waals surface area contributed by atoms with Crippen LogP contribution in [0.1, 0.15) is 29.6 Å². The molecule has 7 heteroatoms. The van der Waals surface area contributed by atoms with Crippen molar-refractivity contribution in [2.75, 3.05) is 19.6 Å². The van der Waals surface area contributed by atoms with Gasteiger partial charge in [0.15, 0.2) is 0 Å². The zero-order chi connectivity index (χ0) is 16.4. The number of carboxylic acid groups (broad SMARTS) is 1. The largest absolute Gasteiger partial charge is 0.485 e. The molecule has 2 amide bonds. The average molecular weight is 318 g/mol. The van der Waals surface area contributed by atoms with Crippen LogP contribution in [0.15, 0.2) is 24.3 Å². The third kappa shape index (κ3) is 3.13. The minimum absolute atomic E-state index is 0.197. The summed E-state index contributed by atoms with van der Waals surface area (Å²) in [6, 6.07) is 7.00. The molecule has 2 aliphatic heterocycles. The first-order valence-corrected chi connectivity index (χ1v) is 7.55. The van der Waals surface area contributed by atoms with Gasteiger partial charge in [-0.15, -0.1) is 0 Å². The van der Waals surface area contributed by atoms with Crippen LogP contribution in [0.4, 0.5) is 0 Å². The standard InChI is InChI=1S/C16H18N2O5/c19-13-5-6-16(7-8-18(13)9-14(20)21)10-17-15(22)11-3-1-2-4-12(11)23-16/h1-4H,5-10H2,(H,17,22)(H,20,21). The molecule has 122 valence electrons. The molecule has 0 radical (unpaired) electrons. The number of aliphatic carboxylic acids is 1. The normalized spacial score (nSPS) is 24.3. The first-order chi connectivity index (χ1) is 11.0. The molecule has 1 fully saturated rings. The van der Waals surface area contributed by atoms with Crippen LogP contribution in [0, 0.1) is 0 Å². The van der Waals surface area contributed by atoms with E-state index < -0.39 is 11.6 Å². The van der Waals surface area contributed by atoms with Gasteiger partial charge in [0.2, 0.25) is 5.91 Å². The van der Waals surface area contributed by atoms with Crippen molar-refractivity contribution in [1.82, 2.24) is 10.2 Å². The molecule has 1 aromatic carbocycles. The van der Waals surface area contributed by atoms with Gasteiger partial charge in [0.05, 0.1) is 12.1 Å². The summed E-state index contributed by atoms with van der Waals surface area (Å²) in [5, 5.41) is 11.8. The van der Waals surface area contributed by atoms with E-state index in [1.807, 2.05) is 0 Å². The fourth-order valence-electron chi connectivity index (χ4n) is 3.04. The van der Waals surface area contributed by atoms with Crippen molar-refractivity contribution in [2.24, 2.45) is 0 Å². The number of carboxylic acids is 1. The van der Waals surface area contributed by atoms with Gasteiger partial charge in [-0.25, -0.2) is 0 Å². The van der Waals surface area contributed by atoms with Gasteiger partial charge in [-0.2, -0.15) is 0 Å². The number of nitrogens with one attached hydrogen (secondary N) is 1. The Hall–Kier alpha value is -2.57. The summed E-state index contributed by atoms with van der Waals surface area (Å²) in [6.07, 6.45) is 1.11. The number of fused-ring (bicyclic) bond motifs is 1. The van der Waals surface area contributed by atoms with Gasteiger partial charge in [0.1, 0.15) is 17.9 Å². The van der Waals surface area contributed by atoms with E-state index in [1.165, 1.54) is 4.90 Å². The lowest BCUT2D eigenvalue weighted by Crippen LogP contribution is -2.46. The average Bonchev–Trinajstić information content (AvgIpc) is 2.76. The maximum atomic E-state index is 12.1. The van der Waals surface area contributed by atoms with Gasteiger partial charge in [0, 0.05) is 19.4 Å². The number of likely N-dealkylation sites (tertiary alicyclic amines) is 1. The fraction of sp³-hybridized carbons (Fsp3) is 0.438. The molecule has 1 atom stereocenters. The maximum absolute atomic E-state index is 12.1. The minimum Gasteiger partial charge on any atom is -0.485 e. The van der Waals surface area contributed by atoms with E-state index in [1.54, 1.807) is 24.3 Å². The Morgan fingerprint density at radius 3 is 2.87 bits per heavy atom. The van der Waals surface area contributed by atoms with Crippen molar-refractivity contribution < 1.29 is 24.2 Å². The molecule has 7 nitrogen and oxygen atoms in total. The summed E-state index contributed by atoms with van der Waals surface area (Å²) in [5.41, 5.74) is -0.215. The first-order valence-electron chi connectivity index (χ1n) is 7.55. The third-order valence-corrected chi connectivity index (χ3v) is 4.34. The molecule has 1 unspecified atom stereocenters. The van der Waals surface area contributed by atoms with Gasteiger partial charge >= 0.3 is 5.97 Å². The Bertz CT molecular complexity index is 660. The highest BCUT2D eigenvalue weighted by molar-refractivity contribution is 5.97. The molecule has 2 N–H and O–H groups in total. The summed E-state index contributed by atoms with van der Waals surface area (Å²) in [7, 11) is 0. The zero-order valence-electron chi connectivity index (χ0n) is 12.6. The Balaban J connectivity index is 1.84. The second-order valence-corrected chi connectivity index (χ2v) is 5.92. The summed E-state index contributed by atoms with van der Waals surface area (Å²) in [5.74, 6) is -0.927. The van der Waals surface area contributed by atoms with E-state index in [0.717, 1.165) is 0 Å². The van der Waals surface area contributed by atoms with Crippen LogP contribution in [0.3, 0.4) is 0 Å². The lowest BCUT2D eigenvalue weighted by atomic mass is 9.94. The van der Waals surface area contributed by atoms with Crippen molar-refractivity contribution >= 4 is 17.8 Å². The maximum Gasteiger partial charge on any atom is 0.323 e. The molecular weight excluding hydrogens is 300 g/mol. The Morgan fingerprint density at radius 2 is 2.09 bits per heavy atom. The minimum atomic E-state index is -1.03. The molecule has 3 rings (SSSR count). The second-order valence-electron chi connectivity index (χ2n) is 5.92. The lowest BCUT2D eigenvalue weighted by molar-refractivity contribution is -0.144. The van der Waals surface area contributed by atoms with Crippen LogP contribution < -0.4 is 10.1 Å². The number of hydrogen-bond acceptors (Lipinski definition) is 4. The molecule has 2 heterocycles. The first kappa shape index (κ1) is 15.3. The fourth-order valence-corrected chi connectivity index (χ4v) is 3.04. The molecule has 0 bridgehead atoms. The zero-order valence-corrected chi connectivity index (χ0v) is 12.6. The molecule has 23 heavy (non-hydrogen) atoms. The summed E-state index contributed by atoms with van der Waals surface area (Å²) in [4.78, 5) is 36.4.